The third-order valence-corrected chi connectivity index (χ3v) is 2.25. The van der Waals surface area contributed by atoms with Crippen LogP contribution < -0.4 is 0 Å². The lowest BCUT2D eigenvalue weighted by atomic mass is 10.2. The van der Waals surface area contributed by atoms with Crippen LogP contribution in [0.2, 0.25) is 0 Å². The summed E-state index contributed by atoms with van der Waals surface area (Å²) < 4.78 is 45.1. The van der Waals surface area contributed by atoms with Crippen molar-refractivity contribution in [2.45, 2.75) is 31.7 Å². The molecule has 0 aromatic rings. The Morgan fingerprint density at radius 2 is 1.85 bits per heavy atom. The van der Waals surface area contributed by atoms with Crippen LogP contribution in [-0.4, -0.2) is 25.7 Å². The minimum atomic E-state index is -4.28. The highest BCUT2D eigenvalue weighted by atomic mass is 19.4. The molecule has 0 unspecified atom stereocenters. The summed E-state index contributed by atoms with van der Waals surface area (Å²) in [4.78, 5) is 0. The Labute approximate surface area is 75.0 Å². The smallest absolute Gasteiger partial charge is 0.353 e. The SMILES string of the molecule is CO[C@@](C)(OCC(F)(F)F)C1CC1. The number of rotatable bonds is 4. The summed E-state index contributed by atoms with van der Waals surface area (Å²) in [7, 11) is 1.37. The molecule has 0 spiro atoms. The third-order valence-electron chi connectivity index (χ3n) is 2.25. The molecule has 1 atom stereocenters. The molecule has 1 fully saturated rings. The van der Waals surface area contributed by atoms with Gasteiger partial charge in [0.25, 0.3) is 0 Å². The van der Waals surface area contributed by atoms with E-state index in [0.29, 0.717) is 0 Å². The van der Waals surface area contributed by atoms with E-state index in [0.717, 1.165) is 12.8 Å². The summed E-state index contributed by atoms with van der Waals surface area (Å²) in [5.74, 6) is -0.949. The Morgan fingerprint density at radius 1 is 1.31 bits per heavy atom. The second-order valence-corrected chi connectivity index (χ2v) is 3.40. The van der Waals surface area contributed by atoms with Crippen LogP contribution in [0.15, 0.2) is 0 Å². The van der Waals surface area contributed by atoms with Gasteiger partial charge in [0.05, 0.1) is 0 Å². The summed E-state index contributed by atoms with van der Waals surface area (Å²) in [6, 6.07) is 0. The fourth-order valence-electron chi connectivity index (χ4n) is 1.18. The van der Waals surface area contributed by atoms with Crippen molar-refractivity contribution in [1.82, 2.24) is 0 Å². The van der Waals surface area contributed by atoms with Gasteiger partial charge in [-0.1, -0.05) is 0 Å². The lowest BCUT2D eigenvalue weighted by Gasteiger charge is -2.28. The maximum Gasteiger partial charge on any atom is 0.411 e. The molecule has 5 heteroatoms. The number of halogens is 3. The molecule has 0 N–H and O–H groups in total. The van der Waals surface area contributed by atoms with Gasteiger partial charge in [0.1, 0.15) is 6.61 Å². The van der Waals surface area contributed by atoms with E-state index in [1.807, 2.05) is 0 Å². The van der Waals surface area contributed by atoms with Gasteiger partial charge < -0.3 is 9.47 Å². The fourth-order valence-corrected chi connectivity index (χ4v) is 1.18. The highest BCUT2D eigenvalue weighted by molar-refractivity contribution is 4.86. The molecular formula is C8H13F3O2. The Morgan fingerprint density at radius 3 is 2.15 bits per heavy atom. The van der Waals surface area contributed by atoms with E-state index in [9.17, 15) is 13.2 Å². The number of methoxy groups -OCH3 is 1. The summed E-state index contributed by atoms with van der Waals surface area (Å²) in [6.45, 7) is 0.310. The molecule has 1 saturated carbocycles. The molecule has 1 aliphatic rings. The molecule has 1 rings (SSSR count). The molecule has 0 aliphatic heterocycles. The van der Waals surface area contributed by atoms with Crippen molar-refractivity contribution in [1.29, 1.82) is 0 Å². The van der Waals surface area contributed by atoms with Gasteiger partial charge in [-0.3, -0.25) is 0 Å². The van der Waals surface area contributed by atoms with Crippen LogP contribution in [0.5, 0.6) is 0 Å². The second-order valence-electron chi connectivity index (χ2n) is 3.40. The second kappa shape index (κ2) is 3.46. The van der Waals surface area contributed by atoms with Gasteiger partial charge in [-0.25, -0.2) is 0 Å². The van der Waals surface area contributed by atoms with Crippen molar-refractivity contribution in [3.63, 3.8) is 0 Å². The highest BCUT2D eigenvalue weighted by Gasteiger charge is 2.45. The van der Waals surface area contributed by atoms with Crippen molar-refractivity contribution in [2.24, 2.45) is 5.92 Å². The number of hydrogen-bond acceptors (Lipinski definition) is 2. The van der Waals surface area contributed by atoms with E-state index < -0.39 is 18.6 Å². The van der Waals surface area contributed by atoms with E-state index in [-0.39, 0.29) is 5.92 Å². The first kappa shape index (κ1) is 10.8. The summed E-state index contributed by atoms with van der Waals surface area (Å²) >= 11 is 0. The molecule has 2 nitrogen and oxygen atoms in total. The lowest BCUT2D eigenvalue weighted by molar-refractivity contribution is -0.276. The molecule has 0 aromatic carbocycles. The number of hydrogen-bond donors (Lipinski definition) is 0. The van der Waals surface area contributed by atoms with Crippen molar-refractivity contribution in [2.75, 3.05) is 13.7 Å². The first-order valence-corrected chi connectivity index (χ1v) is 4.13. The van der Waals surface area contributed by atoms with Crippen molar-refractivity contribution in [3.05, 3.63) is 0 Å². The predicted molar refractivity (Wildman–Crippen MR) is 40.1 cm³/mol. The Balaban J connectivity index is 2.39. The lowest BCUT2D eigenvalue weighted by Crippen LogP contribution is -2.37. The van der Waals surface area contributed by atoms with E-state index in [1.54, 1.807) is 6.92 Å². The minimum Gasteiger partial charge on any atom is -0.353 e. The van der Waals surface area contributed by atoms with Gasteiger partial charge in [0.2, 0.25) is 0 Å². The summed E-state index contributed by atoms with van der Waals surface area (Å²) in [6.07, 6.45) is -2.53. The minimum absolute atomic E-state index is 0.111. The Bertz CT molecular complexity index is 177. The van der Waals surface area contributed by atoms with Crippen LogP contribution in [0.3, 0.4) is 0 Å². The maximum atomic E-state index is 11.8. The zero-order valence-electron chi connectivity index (χ0n) is 7.65. The van der Waals surface area contributed by atoms with E-state index in [2.05, 4.69) is 0 Å². The van der Waals surface area contributed by atoms with Gasteiger partial charge in [0, 0.05) is 13.0 Å². The Kier molecular flexibility index (Phi) is 2.87. The van der Waals surface area contributed by atoms with E-state index in [4.69, 9.17) is 9.47 Å². The van der Waals surface area contributed by atoms with Gasteiger partial charge in [-0.05, 0) is 19.8 Å². The van der Waals surface area contributed by atoms with Crippen molar-refractivity contribution in [3.8, 4) is 0 Å². The monoisotopic (exact) mass is 198 g/mol. The number of ether oxygens (including phenoxy) is 2. The molecule has 0 bridgehead atoms. The molecule has 13 heavy (non-hydrogen) atoms. The van der Waals surface area contributed by atoms with Crippen LogP contribution in [0.1, 0.15) is 19.8 Å². The Hall–Kier alpha value is -0.290. The molecular weight excluding hydrogens is 185 g/mol. The zero-order valence-corrected chi connectivity index (χ0v) is 7.65. The molecule has 0 aromatic heterocycles. The normalized spacial score (nSPS) is 22.8. The third kappa shape index (κ3) is 3.15. The van der Waals surface area contributed by atoms with Gasteiger partial charge in [0.15, 0.2) is 5.79 Å². The zero-order chi connectivity index (χ0) is 10.1. The van der Waals surface area contributed by atoms with Crippen LogP contribution in [0.4, 0.5) is 13.2 Å². The molecule has 0 radical (unpaired) electrons. The summed E-state index contributed by atoms with van der Waals surface area (Å²) in [5.41, 5.74) is 0. The van der Waals surface area contributed by atoms with Gasteiger partial charge >= 0.3 is 6.18 Å². The van der Waals surface area contributed by atoms with Crippen LogP contribution >= 0.6 is 0 Å². The maximum absolute atomic E-state index is 11.8. The molecule has 78 valence electrons. The first-order valence-electron chi connectivity index (χ1n) is 4.13. The first-order chi connectivity index (χ1) is 5.87. The van der Waals surface area contributed by atoms with E-state index in [1.165, 1.54) is 7.11 Å². The van der Waals surface area contributed by atoms with Crippen molar-refractivity contribution >= 4 is 0 Å². The molecule has 0 heterocycles. The van der Waals surface area contributed by atoms with Crippen LogP contribution in [0.25, 0.3) is 0 Å². The number of alkyl halides is 3. The average Bonchev–Trinajstić information content (AvgIpc) is 2.81. The predicted octanol–water partition coefficient (Wildman–Crippen LogP) is 2.34. The van der Waals surface area contributed by atoms with E-state index >= 15 is 0 Å². The largest absolute Gasteiger partial charge is 0.411 e. The fraction of sp³-hybridized carbons (Fsp3) is 1.00. The van der Waals surface area contributed by atoms with Crippen molar-refractivity contribution < 1.29 is 22.6 Å². The quantitative estimate of drug-likeness (QED) is 0.645. The molecule has 0 saturated heterocycles. The average molecular weight is 198 g/mol. The molecule has 0 amide bonds. The standard InChI is InChI=1S/C8H13F3O2/c1-7(12-2,6-3-4-6)13-5-8(9,10)11/h6H,3-5H2,1-2H3/t7-/m0/s1. The highest BCUT2D eigenvalue weighted by Crippen LogP contribution is 2.42. The van der Waals surface area contributed by atoms with Crippen LogP contribution in [0, 0.1) is 5.92 Å². The topological polar surface area (TPSA) is 18.5 Å². The van der Waals surface area contributed by atoms with Crippen LogP contribution in [-0.2, 0) is 9.47 Å². The summed E-state index contributed by atoms with van der Waals surface area (Å²) in [5, 5.41) is 0. The molecule has 1 aliphatic carbocycles. The van der Waals surface area contributed by atoms with Gasteiger partial charge in [-0.2, -0.15) is 13.2 Å². The van der Waals surface area contributed by atoms with Gasteiger partial charge in [-0.15, -0.1) is 0 Å².